The van der Waals surface area contributed by atoms with Gasteiger partial charge in [0.1, 0.15) is 17.7 Å². The second kappa shape index (κ2) is 12.3. The minimum atomic E-state index is -4.40. The van der Waals surface area contributed by atoms with Crippen LogP contribution in [0.15, 0.2) is 82.9 Å². The summed E-state index contributed by atoms with van der Waals surface area (Å²) in [6.45, 7) is 1.29. The fourth-order valence-electron chi connectivity index (χ4n) is 4.65. The number of Topliss-reactive ketones (excluding diaryl/α,β-unsaturated/α-hetero) is 1. The Bertz CT molecular complexity index is 2180. The van der Waals surface area contributed by atoms with Crippen LogP contribution in [0.4, 0.5) is 14.5 Å². The number of carbonyl (C=O) groups is 3. The smallest absolute Gasteiger partial charge is 0.326 e. The molecular formula is C30H24F2N6O7S. The van der Waals surface area contributed by atoms with Gasteiger partial charge in [0.2, 0.25) is 0 Å². The minimum Gasteiger partial charge on any atom is -0.480 e. The van der Waals surface area contributed by atoms with Crippen LogP contribution < -0.4 is 15.6 Å². The van der Waals surface area contributed by atoms with Gasteiger partial charge in [0, 0.05) is 37.0 Å². The van der Waals surface area contributed by atoms with E-state index in [1.165, 1.54) is 54.5 Å². The normalized spacial score (nSPS) is 12.1. The molecule has 5 aromatic rings. The second-order valence-electron chi connectivity index (χ2n) is 10.1. The number of hydrogen-bond donors (Lipinski definition) is 3. The zero-order valence-electron chi connectivity index (χ0n) is 24.1. The Kier molecular flexibility index (Phi) is 8.47. The summed E-state index contributed by atoms with van der Waals surface area (Å²) in [7, 11) is -2.74. The van der Waals surface area contributed by atoms with Crippen LogP contribution in [0.2, 0.25) is 0 Å². The highest BCUT2D eigenvalue weighted by Gasteiger charge is 2.26. The molecule has 16 heteroatoms. The number of fused-ring (bicyclic) bond motifs is 1. The van der Waals surface area contributed by atoms with Crippen molar-refractivity contribution in [1.29, 1.82) is 0 Å². The second-order valence-corrected chi connectivity index (χ2v) is 11.8. The summed E-state index contributed by atoms with van der Waals surface area (Å²) in [6, 6.07) is 8.58. The summed E-state index contributed by atoms with van der Waals surface area (Å²) < 4.78 is 60.0. The predicted molar refractivity (Wildman–Crippen MR) is 160 cm³/mol. The molecule has 1 atom stereocenters. The Hall–Kier alpha value is -5.77. The SMILES string of the molecule is CC(=O)c1ccc(S(=O)(=O)Nc2cc(F)c(C(=O)N[C@@H](Cc3ccc(-n4c(=O)c5ccncc5n4C)cn3)C(=O)O)cc2F)cc1. The first-order valence-electron chi connectivity index (χ1n) is 13.4. The molecule has 0 saturated carbocycles. The molecule has 5 rings (SSSR count). The fraction of sp³-hybridized carbons (Fsp3) is 0.133. The number of carboxylic acids is 1. The van der Waals surface area contributed by atoms with Crippen LogP contribution in [0, 0.1) is 11.6 Å². The van der Waals surface area contributed by atoms with Crippen LogP contribution in [0.1, 0.15) is 33.3 Å². The maximum absolute atomic E-state index is 14.9. The molecule has 0 bridgehead atoms. The molecule has 3 aromatic heterocycles. The fourth-order valence-corrected chi connectivity index (χ4v) is 5.71. The molecule has 0 saturated heterocycles. The van der Waals surface area contributed by atoms with Gasteiger partial charge in [-0.1, -0.05) is 12.1 Å². The number of ketones is 1. The van der Waals surface area contributed by atoms with Crippen molar-refractivity contribution in [3.05, 3.63) is 112 Å². The van der Waals surface area contributed by atoms with E-state index in [2.05, 4.69) is 15.3 Å². The summed E-state index contributed by atoms with van der Waals surface area (Å²) in [5.41, 5.74) is -0.575. The summed E-state index contributed by atoms with van der Waals surface area (Å²) in [4.78, 5) is 56.9. The third-order valence-electron chi connectivity index (χ3n) is 7.06. The van der Waals surface area contributed by atoms with Crippen LogP contribution in [0.25, 0.3) is 16.6 Å². The number of pyridine rings is 2. The molecule has 0 aliphatic carbocycles. The predicted octanol–water partition coefficient (Wildman–Crippen LogP) is 2.83. The third kappa shape index (κ3) is 6.23. The molecule has 1 amide bonds. The third-order valence-corrected chi connectivity index (χ3v) is 8.44. The number of aryl methyl sites for hydroxylation is 1. The number of benzene rings is 2. The first-order chi connectivity index (χ1) is 21.8. The van der Waals surface area contributed by atoms with Crippen molar-refractivity contribution in [2.75, 3.05) is 4.72 Å². The molecule has 0 spiro atoms. The molecule has 236 valence electrons. The minimum absolute atomic E-state index is 0.206. The summed E-state index contributed by atoms with van der Waals surface area (Å²) in [5.74, 6) is -5.70. The Morgan fingerprint density at radius 2 is 1.72 bits per heavy atom. The number of hydrogen-bond acceptors (Lipinski definition) is 8. The van der Waals surface area contributed by atoms with E-state index >= 15 is 0 Å². The van der Waals surface area contributed by atoms with E-state index in [1.807, 2.05) is 4.72 Å². The number of aromatic nitrogens is 4. The largest absolute Gasteiger partial charge is 0.480 e. The number of rotatable bonds is 10. The molecular weight excluding hydrogens is 626 g/mol. The quantitative estimate of drug-likeness (QED) is 0.191. The van der Waals surface area contributed by atoms with E-state index in [9.17, 15) is 41.5 Å². The highest BCUT2D eigenvalue weighted by atomic mass is 32.2. The molecule has 13 nitrogen and oxygen atoms in total. The monoisotopic (exact) mass is 650 g/mol. The van der Waals surface area contributed by atoms with Crippen molar-refractivity contribution >= 4 is 44.3 Å². The molecule has 0 unspecified atom stereocenters. The number of aliphatic carboxylic acids is 1. The van der Waals surface area contributed by atoms with Crippen LogP contribution in [0.5, 0.6) is 0 Å². The van der Waals surface area contributed by atoms with Gasteiger partial charge in [0.25, 0.3) is 21.5 Å². The standard InChI is InChI=1S/C30H24F2N6O7S/c1-16(39)17-3-7-20(8-4-17)46(44,45)36-25-13-23(31)22(12-24(25)32)28(40)35-26(30(42)43)11-18-5-6-19(14-34-18)38-29(41)21-9-10-33-15-27(21)37(38)2/h3-10,12-15,26,36H,11H2,1-2H3,(H,35,40)(H,42,43)/t26-/m0/s1. The van der Waals surface area contributed by atoms with E-state index in [1.54, 1.807) is 17.8 Å². The van der Waals surface area contributed by atoms with Gasteiger partial charge in [0.05, 0.1) is 45.1 Å². The maximum Gasteiger partial charge on any atom is 0.326 e. The molecule has 46 heavy (non-hydrogen) atoms. The molecule has 0 fully saturated rings. The number of anilines is 1. The number of carbonyl (C=O) groups excluding carboxylic acids is 2. The molecule has 0 aliphatic heterocycles. The Labute approximate surface area is 259 Å². The lowest BCUT2D eigenvalue weighted by molar-refractivity contribution is -0.139. The molecule has 3 heterocycles. The van der Waals surface area contributed by atoms with Crippen LogP contribution in [-0.4, -0.2) is 56.6 Å². The van der Waals surface area contributed by atoms with E-state index in [4.69, 9.17) is 0 Å². The molecule has 3 N–H and O–H groups in total. The molecule has 0 radical (unpaired) electrons. The first kappa shape index (κ1) is 31.6. The number of halogens is 2. The molecule has 0 aliphatic rings. The topological polar surface area (TPSA) is 182 Å². The van der Waals surface area contributed by atoms with Crippen molar-refractivity contribution in [3.8, 4) is 5.69 Å². The maximum atomic E-state index is 14.9. The lowest BCUT2D eigenvalue weighted by Gasteiger charge is -2.16. The Morgan fingerprint density at radius 3 is 2.33 bits per heavy atom. The first-order valence-corrected chi connectivity index (χ1v) is 14.9. The van der Waals surface area contributed by atoms with Crippen LogP contribution in [-0.2, 0) is 28.3 Å². The summed E-state index contributed by atoms with van der Waals surface area (Å²) >= 11 is 0. The zero-order valence-corrected chi connectivity index (χ0v) is 24.9. The zero-order chi connectivity index (χ0) is 33.3. The molecule has 2 aromatic carbocycles. The van der Waals surface area contributed by atoms with Gasteiger partial charge in [-0.2, -0.15) is 0 Å². The summed E-state index contributed by atoms with van der Waals surface area (Å²) in [5, 5.41) is 12.3. The van der Waals surface area contributed by atoms with Gasteiger partial charge in [-0.3, -0.25) is 33.8 Å². The van der Waals surface area contributed by atoms with Gasteiger partial charge < -0.3 is 10.4 Å². The van der Waals surface area contributed by atoms with Crippen LogP contribution >= 0.6 is 0 Å². The van der Waals surface area contributed by atoms with Crippen molar-refractivity contribution in [3.63, 3.8) is 0 Å². The average Bonchev–Trinajstić information content (AvgIpc) is 3.28. The van der Waals surface area contributed by atoms with Crippen molar-refractivity contribution in [1.82, 2.24) is 24.6 Å². The van der Waals surface area contributed by atoms with E-state index in [0.717, 1.165) is 12.1 Å². The van der Waals surface area contributed by atoms with Crippen molar-refractivity contribution in [2.45, 2.75) is 24.3 Å². The van der Waals surface area contributed by atoms with Gasteiger partial charge in [-0.05, 0) is 43.3 Å². The van der Waals surface area contributed by atoms with Gasteiger partial charge in [-0.15, -0.1) is 0 Å². The summed E-state index contributed by atoms with van der Waals surface area (Å²) in [6.07, 6.45) is 4.02. The van der Waals surface area contributed by atoms with Crippen molar-refractivity contribution < 1.29 is 36.7 Å². The lowest BCUT2D eigenvalue weighted by Crippen LogP contribution is -2.42. The number of amides is 1. The van der Waals surface area contributed by atoms with E-state index in [0.29, 0.717) is 28.7 Å². The number of carboxylic acid groups (broad SMARTS) is 1. The lowest BCUT2D eigenvalue weighted by atomic mass is 10.1. The van der Waals surface area contributed by atoms with Gasteiger partial charge in [0.15, 0.2) is 5.78 Å². The number of nitrogens with zero attached hydrogens (tertiary/aromatic N) is 4. The van der Waals surface area contributed by atoms with Crippen molar-refractivity contribution in [2.24, 2.45) is 7.05 Å². The van der Waals surface area contributed by atoms with Gasteiger partial charge >= 0.3 is 5.97 Å². The van der Waals surface area contributed by atoms with Crippen LogP contribution in [0.3, 0.4) is 0 Å². The highest BCUT2D eigenvalue weighted by Crippen LogP contribution is 2.24. The van der Waals surface area contributed by atoms with E-state index in [-0.39, 0.29) is 33.9 Å². The Morgan fingerprint density at radius 1 is 1.00 bits per heavy atom. The average molecular weight is 651 g/mol. The number of sulfonamides is 1. The highest BCUT2D eigenvalue weighted by molar-refractivity contribution is 7.92. The number of nitrogens with one attached hydrogen (secondary N) is 2. The van der Waals surface area contributed by atoms with Gasteiger partial charge in [-0.25, -0.2) is 26.7 Å². The Balaban J connectivity index is 1.31. The van der Waals surface area contributed by atoms with E-state index < -0.39 is 50.8 Å².